The third-order valence-corrected chi connectivity index (χ3v) is 4.06. The molecule has 1 aliphatic heterocycles. The Morgan fingerprint density at radius 2 is 1.12 bits per heavy atom. The molecule has 4 amide bonds. The Morgan fingerprint density at radius 3 is 1.50 bits per heavy atom. The number of hydrogen-bond acceptors (Lipinski definition) is 3. The second kappa shape index (κ2) is 6.63. The fourth-order valence-electron chi connectivity index (χ4n) is 2.47. The molecule has 0 radical (unpaired) electrons. The second-order valence-corrected chi connectivity index (χ2v) is 6.20. The summed E-state index contributed by atoms with van der Waals surface area (Å²) in [5.74, 6) is -1.69. The van der Waals surface area contributed by atoms with Crippen LogP contribution in [0.25, 0.3) is 0 Å². The van der Waals surface area contributed by atoms with Gasteiger partial charge in [-0.05, 0) is 35.4 Å². The van der Waals surface area contributed by atoms with Crippen LogP contribution < -0.4 is 0 Å². The second-order valence-electron chi connectivity index (χ2n) is 5.33. The molecule has 0 saturated carbocycles. The highest BCUT2D eigenvalue weighted by Gasteiger charge is 2.44. The lowest BCUT2D eigenvalue weighted by Crippen LogP contribution is -2.32. The summed E-state index contributed by atoms with van der Waals surface area (Å²) in [5.41, 5.74) is 1.34. The molecule has 1 saturated heterocycles. The number of imide groups is 2. The van der Waals surface area contributed by atoms with Crippen molar-refractivity contribution in [2.45, 2.75) is 13.1 Å². The predicted molar refractivity (Wildman–Crippen MR) is 89.4 cm³/mol. The van der Waals surface area contributed by atoms with Crippen molar-refractivity contribution in [3.8, 4) is 0 Å². The van der Waals surface area contributed by atoms with E-state index in [0.29, 0.717) is 21.2 Å². The van der Waals surface area contributed by atoms with Gasteiger partial charge in [0.1, 0.15) is 0 Å². The standard InChI is InChI=1S/C17H12Cl2N2O3/c18-13-5-1-3-11(7-13)9-20-15(22)16(23)21(17(20)24)10-12-4-2-6-14(19)8-12/h1-8H,9-10H2. The van der Waals surface area contributed by atoms with E-state index in [1.165, 1.54) is 0 Å². The molecule has 3 rings (SSSR count). The molecule has 0 spiro atoms. The van der Waals surface area contributed by atoms with Crippen molar-refractivity contribution in [3.63, 3.8) is 0 Å². The Balaban J connectivity index is 1.80. The highest BCUT2D eigenvalue weighted by Crippen LogP contribution is 2.21. The zero-order valence-corrected chi connectivity index (χ0v) is 13.9. The van der Waals surface area contributed by atoms with Gasteiger partial charge in [0.25, 0.3) is 0 Å². The molecule has 1 aliphatic rings. The molecular weight excluding hydrogens is 351 g/mol. The Morgan fingerprint density at radius 1 is 0.708 bits per heavy atom. The summed E-state index contributed by atoms with van der Waals surface area (Å²) >= 11 is 11.8. The first-order valence-corrected chi connectivity index (χ1v) is 7.87. The first-order chi connectivity index (χ1) is 11.5. The molecule has 1 heterocycles. The molecule has 5 nitrogen and oxygen atoms in total. The molecule has 0 aliphatic carbocycles. The van der Waals surface area contributed by atoms with Gasteiger partial charge < -0.3 is 0 Å². The number of hydrogen-bond donors (Lipinski definition) is 0. The fourth-order valence-corrected chi connectivity index (χ4v) is 2.89. The van der Waals surface area contributed by atoms with E-state index in [0.717, 1.165) is 9.80 Å². The van der Waals surface area contributed by atoms with E-state index in [2.05, 4.69) is 0 Å². The lowest BCUT2D eigenvalue weighted by molar-refractivity contribution is -0.143. The van der Waals surface area contributed by atoms with Crippen LogP contribution >= 0.6 is 23.2 Å². The normalized spacial score (nSPS) is 14.7. The topological polar surface area (TPSA) is 57.7 Å². The SMILES string of the molecule is O=C1C(=O)N(Cc2cccc(Cl)c2)C(=O)N1Cc1cccc(Cl)c1. The number of amides is 4. The van der Waals surface area contributed by atoms with E-state index in [1.54, 1.807) is 48.5 Å². The van der Waals surface area contributed by atoms with Gasteiger partial charge in [-0.1, -0.05) is 47.5 Å². The first kappa shape index (κ1) is 16.5. The number of carbonyl (C=O) groups is 3. The zero-order valence-electron chi connectivity index (χ0n) is 12.4. The number of carbonyl (C=O) groups excluding carboxylic acids is 3. The van der Waals surface area contributed by atoms with Gasteiger partial charge in [-0.25, -0.2) is 4.79 Å². The highest BCUT2D eigenvalue weighted by molar-refractivity contribution is 6.44. The van der Waals surface area contributed by atoms with E-state index in [9.17, 15) is 14.4 Å². The summed E-state index contributed by atoms with van der Waals surface area (Å²) < 4.78 is 0. The quantitative estimate of drug-likeness (QED) is 0.617. The molecule has 1 fully saturated rings. The summed E-state index contributed by atoms with van der Waals surface area (Å²) in [6.07, 6.45) is 0. The van der Waals surface area contributed by atoms with Crippen LogP contribution in [0.15, 0.2) is 48.5 Å². The van der Waals surface area contributed by atoms with E-state index >= 15 is 0 Å². The van der Waals surface area contributed by atoms with Crippen LogP contribution in [0.2, 0.25) is 10.0 Å². The van der Waals surface area contributed by atoms with Gasteiger partial charge in [0, 0.05) is 10.0 Å². The van der Waals surface area contributed by atoms with E-state index in [4.69, 9.17) is 23.2 Å². The molecule has 2 aromatic rings. The molecule has 0 atom stereocenters. The zero-order chi connectivity index (χ0) is 17.3. The summed E-state index contributed by atoms with van der Waals surface area (Å²) in [4.78, 5) is 38.5. The number of halogens is 2. The summed E-state index contributed by atoms with van der Waals surface area (Å²) in [7, 11) is 0. The maximum Gasteiger partial charge on any atom is 0.334 e. The minimum Gasteiger partial charge on any atom is -0.263 e. The molecule has 122 valence electrons. The van der Waals surface area contributed by atoms with Crippen molar-refractivity contribution in [1.82, 2.24) is 9.80 Å². The molecule has 24 heavy (non-hydrogen) atoms. The Hall–Kier alpha value is -2.37. The Bertz CT molecular complexity index is 771. The van der Waals surface area contributed by atoms with Crippen LogP contribution in [-0.2, 0) is 22.7 Å². The van der Waals surface area contributed by atoms with Gasteiger partial charge in [0.05, 0.1) is 13.1 Å². The fraction of sp³-hybridized carbons (Fsp3) is 0.118. The Labute approximate surface area is 148 Å². The van der Waals surface area contributed by atoms with Gasteiger partial charge in [-0.15, -0.1) is 0 Å². The molecule has 0 bridgehead atoms. The average molecular weight is 363 g/mol. The first-order valence-electron chi connectivity index (χ1n) is 7.12. The minimum absolute atomic E-state index is 0.00396. The van der Waals surface area contributed by atoms with Crippen LogP contribution in [0.1, 0.15) is 11.1 Å². The van der Waals surface area contributed by atoms with E-state index in [1.807, 2.05) is 0 Å². The van der Waals surface area contributed by atoms with Crippen molar-refractivity contribution in [2.75, 3.05) is 0 Å². The number of benzene rings is 2. The lowest BCUT2D eigenvalue weighted by atomic mass is 10.2. The maximum atomic E-state index is 12.4. The van der Waals surface area contributed by atoms with Crippen LogP contribution in [-0.4, -0.2) is 27.6 Å². The van der Waals surface area contributed by atoms with Crippen molar-refractivity contribution < 1.29 is 14.4 Å². The molecule has 0 N–H and O–H groups in total. The van der Waals surface area contributed by atoms with Crippen LogP contribution in [0.4, 0.5) is 4.79 Å². The summed E-state index contributed by atoms with van der Waals surface area (Å²) in [5, 5.41) is 0.988. The molecule has 0 aromatic heterocycles. The Kier molecular flexibility index (Phi) is 4.55. The third-order valence-electron chi connectivity index (χ3n) is 3.59. The molecule has 0 unspecified atom stereocenters. The maximum absolute atomic E-state index is 12.4. The van der Waals surface area contributed by atoms with Crippen molar-refractivity contribution in [1.29, 1.82) is 0 Å². The van der Waals surface area contributed by atoms with Crippen LogP contribution in [0.3, 0.4) is 0 Å². The molecule has 7 heteroatoms. The largest absolute Gasteiger partial charge is 0.334 e. The van der Waals surface area contributed by atoms with Gasteiger partial charge in [-0.2, -0.15) is 0 Å². The predicted octanol–water partition coefficient (Wildman–Crippen LogP) is 3.48. The smallest absolute Gasteiger partial charge is 0.263 e. The number of rotatable bonds is 4. The van der Waals surface area contributed by atoms with Gasteiger partial charge >= 0.3 is 17.8 Å². The average Bonchev–Trinajstić information content (AvgIpc) is 2.73. The van der Waals surface area contributed by atoms with Crippen molar-refractivity contribution in [2.24, 2.45) is 0 Å². The van der Waals surface area contributed by atoms with E-state index in [-0.39, 0.29) is 13.1 Å². The monoisotopic (exact) mass is 362 g/mol. The molecular formula is C17H12Cl2N2O3. The van der Waals surface area contributed by atoms with Crippen LogP contribution in [0.5, 0.6) is 0 Å². The van der Waals surface area contributed by atoms with Crippen molar-refractivity contribution >= 4 is 41.0 Å². The van der Waals surface area contributed by atoms with Gasteiger partial charge in [0.15, 0.2) is 0 Å². The molecule has 2 aromatic carbocycles. The number of nitrogens with zero attached hydrogens (tertiary/aromatic N) is 2. The van der Waals surface area contributed by atoms with Crippen LogP contribution in [0, 0.1) is 0 Å². The third kappa shape index (κ3) is 3.27. The van der Waals surface area contributed by atoms with Crippen molar-refractivity contribution in [3.05, 3.63) is 69.7 Å². The lowest BCUT2D eigenvalue weighted by Gasteiger charge is -2.16. The minimum atomic E-state index is -0.845. The highest BCUT2D eigenvalue weighted by atomic mass is 35.5. The summed E-state index contributed by atoms with van der Waals surface area (Å²) in [6.45, 7) is -0.00791. The summed E-state index contributed by atoms with van der Waals surface area (Å²) in [6, 6.07) is 12.9. The van der Waals surface area contributed by atoms with Gasteiger partial charge in [0.2, 0.25) is 0 Å². The number of urea groups is 1. The van der Waals surface area contributed by atoms with Gasteiger partial charge in [-0.3, -0.25) is 19.4 Å². The van der Waals surface area contributed by atoms with E-state index < -0.39 is 17.8 Å².